The number of hydrogen-bond acceptors (Lipinski definition) is 5. The zero-order valence-corrected chi connectivity index (χ0v) is 23.3. The van der Waals surface area contributed by atoms with Crippen molar-refractivity contribution in [3.05, 3.63) is 23.8 Å². The molecule has 8 fully saturated rings. The Morgan fingerprint density at radius 3 is 1.26 bits per heavy atom. The molecule has 8 saturated carbocycles. The van der Waals surface area contributed by atoms with E-state index in [0.717, 1.165) is 78.6 Å². The molecule has 1 aromatic carbocycles. The predicted molar refractivity (Wildman–Crippen MR) is 148 cm³/mol. The van der Waals surface area contributed by atoms with E-state index in [2.05, 4.69) is 0 Å². The Hall–Kier alpha value is -1.30. The van der Waals surface area contributed by atoms with Gasteiger partial charge in [0.1, 0.15) is 11.5 Å². The van der Waals surface area contributed by atoms with Gasteiger partial charge in [-0.3, -0.25) is 0 Å². The lowest BCUT2D eigenvalue weighted by atomic mass is 9.54. The minimum absolute atomic E-state index is 0.189. The van der Waals surface area contributed by atoms with Crippen molar-refractivity contribution in [1.29, 1.82) is 0 Å². The van der Waals surface area contributed by atoms with Crippen molar-refractivity contribution in [3.8, 4) is 11.5 Å². The van der Waals surface area contributed by atoms with Crippen LogP contribution in [0.1, 0.15) is 95.5 Å². The van der Waals surface area contributed by atoms with Crippen molar-refractivity contribution >= 4 is 0 Å². The lowest BCUT2D eigenvalue weighted by molar-refractivity contribution is -0.163. The summed E-state index contributed by atoms with van der Waals surface area (Å²) in [6, 6.07) is 6.10. The van der Waals surface area contributed by atoms with Gasteiger partial charge in [-0.15, -0.1) is 0 Å². The summed E-state index contributed by atoms with van der Waals surface area (Å²) in [5.41, 5.74) is 7.40. The first-order valence-electron chi connectivity index (χ1n) is 15.9. The van der Waals surface area contributed by atoms with E-state index in [1.165, 1.54) is 77.0 Å². The second-order valence-corrected chi connectivity index (χ2v) is 14.3. The Labute approximate surface area is 229 Å². The van der Waals surface area contributed by atoms with Crippen molar-refractivity contribution in [3.63, 3.8) is 0 Å². The van der Waals surface area contributed by atoms with Gasteiger partial charge in [-0.1, -0.05) is 0 Å². The fourth-order valence-electron chi connectivity index (χ4n) is 10.4. The second-order valence-electron chi connectivity index (χ2n) is 14.3. The predicted octanol–water partition coefficient (Wildman–Crippen LogP) is 6.65. The van der Waals surface area contributed by atoms with Crippen molar-refractivity contribution in [2.45, 2.75) is 108 Å². The van der Waals surface area contributed by atoms with E-state index >= 15 is 0 Å². The highest BCUT2D eigenvalue weighted by Gasteiger charge is 2.52. The maximum Gasteiger partial charge on any atom is 0.123 e. The van der Waals surface area contributed by atoms with Crippen LogP contribution in [0.3, 0.4) is 0 Å². The lowest BCUT2D eigenvalue weighted by Gasteiger charge is -2.56. The molecule has 8 aliphatic rings. The van der Waals surface area contributed by atoms with Crippen LogP contribution < -0.4 is 15.2 Å². The molecule has 1 aromatic rings. The maximum absolute atomic E-state index is 6.57. The summed E-state index contributed by atoms with van der Waals surface area (Å²) < 4.78 is 25.4. The minimum Gasteiger partial charge on any atom is -0.493 e. The summed E-state index contributed by atoms with van der Waals surface area (Å²) >= 11 is 0. The molecule has 9 rings (SSSR count). The molecule has 210 valence electrons. The molecule has 0 spiro atoms. The number of hydrogen-bond donors (Lipinski definition) is 1. The summed E-state index contributed by atoms with van der Waals surface area (Å²) in [4.78, 5) is 0. The molecular weight excluding hydrogens is 474 g/mol. The van der Waals surface area contributed by atoms with Gasteiger partial charge in [-0.2, -0.15) is 0 Å². The van der Waals surface area contributed by atoms with Crippen LogP contribution in [0.4, 0.5) is 0 Å². The molecule has 0 unspecified atom stereocenters. The Bertz CT molecular complexity index is 833. The zero-order valence-electron chi connectivity index (χ0n) is 23.3. The standard InChI is InChI=1S/C33H49NO4/c34-22-29-13-30(35-3-1-5-37-32-16-23-7-24(17-32)9-25(8-23)18-32)15-31(14-29)36-4-2-6-38-33-19-26-10-27(20-33)12-28(11-26)21-33/h13-15,23-28H,1-12,16-22,34H2. The maximum atomic E-state index is 6.57. The van der Waals surface area contributed by atoms with Crippen LogP contribution in [-0.4, -0.2) is 37.6 Å². The molecular formula is C33H49NO4. The first-order valence-corrected chi connectivity index (χ1v) is 15.9. The van der Waals surface area contributed by atoms with Gasteiger partial charge >= 0.3 is 0 Å². The number of benzene rings is 1. The fraction of sp³-hybridized carbons (Fsp3) is 0.818. The highest BCUT2D eigenvalue weighted by atomic mass is 16.5. The molecule has 5 heteroatoms. The molecule has 5 nitrogen and oxygen atoms in total. The van der Waals surface area contributed by atoms with Crippen LogP contribution in [0.5, 0.6) is 11.5 Å². The largest absolute Gasteiger partial charge is 0.493 e. The van der Waals surface area contributed by atoms with Gasteiger partial charge in [0.25, 0.3) is 0 Å². The lowest BCUT2D eigenvalue weighted by Crippen LogP contribution is -2.52. The van der Waals surface area contributed by atoms with Crippen LogP contribution in [0.25, 0.3) is 0 Å². The second kappa shape index (κ2) is 10.6. The third-order valence-electron chi connectivity index (χ3n) is 11.1. The highest BCUT2D eigenvalue weighted by Crippen LogP contribution is 2.58. The van der Waals surface area contributed by atoms with Crippen LogP contribution in [0, 0.1) is 35.5 Å². The van der Waals surface area contributed by atoms with Gasteiger partial charge in [-0.25, -0.2) is 0 Å². The average Bonchev–Trinajstić information content (AvgIpc) is 2.86. The molecule has 0 aliphatic heterocycles. The molecule has 0 saturated heterocycles. The Balaban J connectivity index is 0.836. The Morgan fingerprint density at radius 1 is 0.553 bits per heavy atom. The minimum atomic E-state index is 0.189. The van der Waals surface area contributed by atoms with Crippen LogP contribution in [0.15, 0.2) is 18.2 Å². The molecule has 0 radical (unpaired) electrons. The molecule has 0 amide bonds. The normalized spacial score (nSPS) is 40.1. The van der Waals surface area contributed by atoms with E-state index in [0.29, 0.717) is 19.8 Å². The SMILES string of the molecule is NCc1cc(OCCCOC23CC4CC(CC(C4)C2)C3)cc(OCCCOC23CC4CC(CC(C4)C2)C3)c1. The van der Waals surface area contributed by atoms with Gasteiger partial charge in [0.15, 0.2) is 0 Å². The van der Waals surface area contributed by atoms with Crippen molar-refractivity contribution in [2.24, 2.45) is 41.2 Å². The quantitative estimate of drug-likeness (QED) is 0.293. The van der Waals surface area contributed by atoms with E-state index in [1.54, 1.807) is 0 Å². The van der Waals surface area contributed by atoms with Gasteiger partial charge in [0.05, 0.1) is 37.6 Å². The van der Waals surface area contributed by atoms with E-state index < -0.39 is 0 Å². The average molecular weight is 524 g/mol. The van der Waals surface area contributed by atoms with Crippen LogP contribution in [0.2, 0.25) is 0 Å². The summed E-state index contributed by atoms with van der Waals surface area (Å²) in [6.07, 6.45) is 18.4. The summed E-state index contributed by atoms with van der Waals surface area (Å²) in [5, 5.41) is 0. The molecule has 38 heavy (non-hydrogen) atoms. The smallest absolute Gasteiger partial charge is 0.123 e. The van der Waals surface area contributed by atoms with Gasteiger partial charge in [0, 0.05) is 25.5 Å². The molecule has 8 bridgehead atoms. The number of nitrogens with two attached hydrogens (primary N) is 1. The molecule has 0 aromatic heterocycles. The summed E-state index contributed by atoms with van der Waals surface area (Å²) in [7, 11) is 0. The van der Waals surface area contributed by atoms with Gasteiger partial charge < -0.3 is 24.7 Å². The van der Waals surface area contributed by atoms with Crippen LogP contribution >= 0.6 is 0 Å². The highest BCUT2D eigenvalue weighted by molar-refractivity contribution is 5.38. The van der Waals surface area contributed by atoms with Crippen molar-refractivity contribution < 1.29 is 18.9 Å². The molecule has 0 atom stereocenters. The Morgan fingerprint density at radius 2 is 0.921 bits per heavy atom. The third-order valence-corrected chi connectivity index (χ3v) is 11.1. The van der Waals surface area contributed by atoms with Gasteiger partial charge in [-0.05, 0) is 130 Å². The number of rotatable bonds is 13. The van der Waals surface area contributed by atoms with E-state index in [9.17, 15) is 0 Å². The fourth-order valence-corrected chi connectivity index (χ4v) is 10.4. The molecule has 8 aliphatic carbocycles. The van der Waals surface area contributed by atoms with E-state index in [1.807, 2.05) is 18.2 Å². The summed E-state index contributed by atoms with van der Waals surface area (Å²) in [5.74, 6) is 7.27. The van der Waals surface area contributed by atoms with Crippen LogP contribution in [-0.2, 0) is 16.0 Å². The van der Waals surface area contributed by atoms with E-state index in [4.69, 9.17) is 24.7 Å². The third kappa shape index (κ3) is 5.49. The first-order chi connectivity index (χ1) is 18.6. The van der Waals surface area contributed by atoms with Gasteiger partial charge in [0.2, 0.25) is 0 Å². The first kappa shape index (κ1) is 25.7. The zero-order chi connectivity index (χ0) is 25.6. The van der Waals surface area contributed by atoms with E-state index in [-0.39, 0.29) is 11.2 Å². The monoisotopic (exact) mass is 523 g/mol. The Kier molecular flexibility index (Phi) is 7.15. The number of ether oxygens (including phenoxy) is 4. The topological polar surface area (TPSA) is 62.9 Å². The molecule has 0 heterocycles. The van der Waals surface area contributed by atoms with Crippen molar-refractivity contribution in [1.82, 2.24) is 0 Å². The van der Waals surface area contributed by atoms with Crippen molar-refractivity contribution in [2.75, 3.05) is 26.4 Å². The molecule has 2 N–H and O–H groups in total. The summed E-state index contributed by atoms with van der Waals surface area (Å²) in [6.45, 7) is 3.42.